The number of carbonyl (C=O) groups is 1. The number of fused-ring (bicyclic) bond motifs is 1. The molecule has 1 saturated heterocycles. The van der Waals surface area contributed by atoms with Crippen LogP contribution >= 0.6 is 0 Å². The SMILES string of the molecule is CC(C)C1CC(C(=O)Nc2ccc3cn[nH]c3c2)CCO1. The number of ether oxygens (including phenoxy) is 1. The summed E-state index contributed by atoms with van der Waals surface area (Å²) in [5.74, 6) is 0.563. The van der Waals surface area contributed by atoms with E-state index in [9.17, 15) is 4.79 Å². The highest BCUT2D eigenvalue weighted by Gasteiger charge is 2.29. The zero-order valence-electron chi connectivity index (χ0n) is 12.4. The Bertz CT molecular complexity index is 635. The van der Waals surface area contributed by atoms with E-state index < -0.39 is 0 Å². The number of hydrogen-bond acceptors (Lipinski definition) is 3. The lowest BCUT2D eigenvalue weighted by Gasteiger charge is -2.31. The van der Waals surface area contributed by atoms with Gasteiger partial charge in [0.2, 0.25) is 5.91 Å². The van der Waals surface area contributed by atoms with Crippen molar-refractivity contribution < 1.29 is 9.53 Å². The van der Waals surface area contributed by atoms with Crippen LogP contribution in [0.4, 0.5) is 5.69 Å². The molecule has 2 N–H and O–H groups in total. The minimum Gasteiger partial charge on any atom is -0.378 e. The van der Waals surface area contributed by atoms with Gasteiger partial charge in [0, 0.05) is 23.6 Å². The molecule has 0 radical (unpaired) electrons. The summed E-state index contributed by atoms with van der Waals surface area (Å²) in [6.07, 6.45) is 3.55. The summed E-state index contributed by atoms with van der Waals surface area (Å²) in [6.45, 7) is 4.94. The molecule has 5 nitrogen and oxygen atoms in total. The minimum absolute atomic E-state index is 0.0311. The molecule has 0 saturated carbocycles. The van der Waals surface area contributed by atoms with Crippen LogP contribution in [0.2, 0.25) is 0 Å². The van der Waals surface area contributed by atoms with Crippen molar-refractivity contribution in [3.05, 3.63) is 24.4 Å². The van der Waals surface area contributed by atoms with E-state index >= 15 is 0 Å². The molecule has 0 aliphatic carbocycles. The van der Waals surface area contributed by atoms with Crippen molar-refractivity contribution in [1.82, 2.24) is 10.2 Å². The highest BCUT2D eigenvalue weighted by Crippen LogP contribution is 2.26. The van der Waals surface area contributed by atoms with Crippen LogP contribution in [0.5, 0.6) is 0 Å². The van der Waals surface area contributed by atoms with Gasteiger partial charge in [-0.1, -0.05) is 13.8 Å². The predicted octanol–water partition coefficient (Wildman–Crippen LogP) is 2.95. The van der Waals surface area contributed by atoms with Crippen molar-refractivity contribution >= 4 is 22.5 Å². The molecule has 1 aliphatic rings. The number of anilines is 1. The average molecular weight is 287 g/mol. The van der Waals surface area contributed by atoms with Crippen LogP contribution < -0.4 is 5.32 Å². The van der Waals surface area contributed by atoms with Crippen LogP contribution in [-0.2, 0) is 9.53 Å². The lowest BCUT2D eigenvalue weighted by Crippen LogP contribution is -2.35. The number of H-pyrrole nitrogens is 1. The zero-order valence-corrected chi connectivity index (χ0v) is 12.4. The molecule has 1 amide bonds. The van der Waals surface area contributed by atoms with Crippen molar-refractivity contribution in [2.24, 2.45) is 11.8 Å². The van der Waals surface area contributed by atoms with Gasteiger partial charge in [0.25, 0.3) is 0 Å². The van der Waals surface area contributed by atoms with Gasteiger partial charge in [-0.25, -0.2) is 0 Å². The number of benzene rings is 1. The molecule has 1 aliphatic heterocycles. The number of nitrogens with one attached hydrogen (secondary N) is 2. The molecule has 2 aromatic rings. The van der Waals surface area contributed by atoms with Crippen molar-refractivity contribution in [1.29, 1.82) is 0 Å². The molecule has 1 aromatic heterocycles. The van der Waals surface area contributed by atoms with Crippen molar-refractivity contribution in [2.75, 3.05) is 11.9 Å². The number of aromatic nitrogens is 2. The summed E-state index contributed by atoms with van der Waals surface area (Å²) in [6, 6.07) is 5.78. The smallest absolute Gasteiger partial charge is 0.227 e. The quantitative estimate of drug-likeness (QED) is 0.912. The number of amides is 1. The Labute approximate surface area is 124 Å². The average Bonchev–Trinajstić information content (AvgIpc) is 2.95. The van der Waals surface area contributed by atoms with E-state index in [0.29, 0.717) is 12.5 Å². The number of aromatic amines is 1. The summed E-state index contributed by atoms with van der Waals surface area (Å²) in [5, 5.41) is 11.0. The second kappa shape index (κ2) is 5.85. The van der Waals surface area contributed by atoms with Gasteiger partial charge >= 0.3 is 0 Å². The Morgan fingerprint density at radius 3 is 3.14 bits per heavy atom. The first-order valence-corrected chi connectivity index (χ1v) is 7.49. The lowest BCUT2D eigenvalue weighted by atomic mass is 9.89. The first-order chi connectivity index (χ1) is 10.1. The number of rotatable bonds is 3. The van der Waals surface area contributed by atoms with Gasteiger partial charge in [-0.15, -0.1) is 0 Å². The van der Waals surface area contributed by atoms with Crippen LogP contribution in [0.1, 0.15) is 26.7 Å². The van der Waals surface area contributed by atoms with Crippen LogP contribution in [0, 0.1) is 11.8 Å². The van der Waals surface area contributed by atoms with Gasteiger partial charge in [0.05, 0.1) is 17.8 Å². The maximum atomic E-state index is 12.4. The van der Waals surface area contributed by atoms with Crippen molar-refractivity contribution in [3.63, 3.8) is 0 Å². The van der Waals surface area contributed by atoms with E-state index in [1.54, 1.807) is 6.20 Å². The van der Waals surface area contributed by atoms with Gasteiger partial charge in [-0.3, -0.25) is 9.89 Å². The van der Waals surface area contributed by atoms with Crippen LogP contribution in [0.15, 0.2) is 24.4 Å². The fourth-order valence-corrected chi connectivity index (χ4v) is 2.79. The Morgan fingerprint density at radius 2 is 2.33 bits per heavy atom. The fourth-order valence-electron chi connectivity index (χ4n) is 2.79. The fraction of sp³-hybridized carbons (Fsp3) is 0.500. The topological polar surface area (TPSA) is 67.0 Å². The van der Waals surface area contributed by atoms with Crippen LogP contribution in [0.25, 0.3) is 10.9 Å². The standard InChI is InChI=1S/C16H21N3O2/c1-10(2)15-7-11(5-6-21-15)16(20)18-13-4-3-12-9-17-19-14(12)8-13/h3-4,8-11,15H,5-7H2,1-2H3,(H,17,19)(H,18,20). The van der Waals surface area contributed by atoms with Crippen molar-refractivity contribution in [2.45, 2.75) is 32.8 Å². The summed E-state index contributed by atoms with van der Waals surface area (Å²) < 4.78 is 5.72. The molecule has 0 bridgehead atoms. The van der Waals surface area contributed by atoms with E-state index in [0.717, 1.165) is 29.4 Å². The molecule has 2 unspecified atom stereocenters. The molecule has 1 aromatic carbocycles. The lowest BCUT2D eigenvalue weighted by molar-refractivity contribution is -0.126. The Hall–Kier alpha value is -1.88. The second-order valence-electron chi connectivity index (χ2n) is 6.04. The zero-order chi connectivity index (χ0) is 14.8. The van der Waals surface area contributed by atoms with E-state index in [4.69, 9.17) is 4.74 Å². The molecule has 5 heteroatoms. The number of nitrogens with zero attached hydrogens (tertiary/aromatic N) is 1. The molecule has 2 heterocycles. The molecule has 1 fully saturated rings. The van der Waals surface area contributed by atoms with E-state index in [1.165, 1.54) is 0 Å². The second-order valence-corrected chi connectivity index (χ2v) is 6.04. The first kappa shape index (κ1) is 14.1. The first-order valence-electron chi connectivity index (χ1n) is 7.49. The third kappa shape index (κ3) is 3.08. The van der Waals surface area contributed by atoms with E-state index in [-0.39, 0.29) is 17.9 Å². The predicted molar refractivity (Wildman–Crippen MR) is 82.0 cm³/mol. The monoisotopic (exact) mass is 287 g/mol. The molecule has 3 rings (SSSR count). The van der Waals surface area contributed by atoms with E-state index in [2.05, 4.69) is 29.4 Å². The normalized spacial score (nSPS) is 22.6. The molecule has 21 heavy (non-hydrogen) atoms. The third-order valence-corrected chi connectivity index (χ3v) is 4.14. The molecule has 2 atom stereocenters. The summed E-state index contributed by atoms with van der Waals surface area (Å²) in [7, 11) is 0. The highest BCUT2D eigenvalue weighted by molar-refractivity contribution is 5.94. The van der Waals surface area contributed by atoms with Gasteiger partial charge < -0.3 is 10.1 Å². The summed E-state index contributed by atoms with van der Waals surface area (Å²) >= 11 is 0. The number of hydrogen-bond donors (Lipinski definition) is 2. The van der Waals surface area contributed by atoms with Gasteiger partial charge in [-0.05, 0) is 37.0 Å². The largest absolute Gasteiger partial charge is 0.378 e. The molecular weight excluding hydrogens is 266 g/mol. The Morgan fingerprint density at radius 1 is 1.48 bits per heavy atom. The highest BCUT2D eigenvalue weighted by atomic mass is 16.5. The van der Waals surface area contributed by atoms with Crippen LogP contribution in [0.3, 0.4) is 0 Å². The molecule has 112 valence electrons. The maximum Gasteiger partial charge on any atom is 0.227 e. The maximum absolute atomic E-state index is 12.4. The van der Waals surface area contributed by atoms with Gasteiger partial charge in [0.1, 0.15) is 0 Å². The van der Waals surface area contributed by atoms with Gasteiger partial charge in [-0.2, -0.15) is 5.10 Å². The number of carbonyl (C=O) groups excluding carboxylic acids is 1. The van der Waals surface area contributed by atoms with Crippen LogP contribution in [-0.4, -0.2) is 28.8 Å². The molecular formula is C16H21N3O2. The Balaban J connectivity index is 1.67. The minimum atomic E-state index is 0.0311. The third-order valence-electron chi connectivity index (χ3n) is 4.14. The van der Waals surface area contributed by atoms with Crippen molar-refractivity contribution in [3.8, 4) is 0 Å². The van der Waals surface area contributed by atoms with Gasteiger partial charge in [0.15, 0.2) is 0 Å². The molecule has 0 spiro atoms. The summed E-state index contributed by atoms with van der Waals surface area (Å²) in [5.41, 5.74) is 1.74. The Kier molecular flexibility index (Phi) is 3.92. The summed E-state index contributed by atoms with van der Waals surface area (Å²) in [4.78, 5) is 12.4. The van der Waals surface area contributed by atoms with E-state index in [1.807, 2.05) is 18.2 Å².